The van der Waals surface area contributed by atoms with Crippen LogP contribution in [-0.4, -0.2) is 47.5 Å². The molecule has 0 amide bonds. The molecule has 6 nitrogen and oxygen atoms in total. The Morgan fingerprint density at radius 3 is 2.61 bits per heavy atom. The third-order valence-electron chi connectivity index (χ3n) is 2.62. The largest absolute Gasteiger partial charge is 0.480 e. The van der Waals surface area contributed by atoms with Crippen LogP contribution in [0.4, 0.5) is 0 Å². The average Bonchev–Trinajstić information content (AvgIpc) is 2.71. The van der Waals surface area contributed by atoms with Crippen LogP contribution in [0.2, 0.25) is 0 Å². The van der Waals surface area contributed by atoms with Gasteiger partial charge in [0.05, 0.1) is 5.37 Å². The fourth-order valence-corrected chi connectivity index (χ4v) is 5.20. The van der Waals surface area contributed by atoms with E-state index >= 15 is 0 Å². The summed E-state index contributed by atoms with van der Waals surface area (Å²) >= 11 is 1.37. The Balaban J connectivity index is 2.90. The minimum atomic E-state index is -3.73. The lowest BCUT2D eigenvalue weighted by molar-refractivity contribution is -0.140. The maximum absolute atomic E-state index is 12.2. The van der Waals surface area contributed by atoms with Crippen molar-refractivity contribution >= 4 is 27.9 Å². The molecular formula is C10H20N2O4S2. The molecule has 1 fully saturated rings. The van der Waals surface area contributed by atoms with E-state index in [0.29, 0.717) is 18.7 Å². The molecule has 0 aromatic rings. The molecular weight excluding hydrogens is 276 g/mol. The molecule has 1 aliphatic heterocycles. The number of nitrogens with zero attached hydrogens (tertiary/aromatic N) is 1. The second-order valence-electron chi connectivity index (χ2n) is 4.63. The molecule has 1 saturated heterocycles. The lowest BCUT2D eigenvalue weighted by atomic mass is 10.2. The molecule has 106 valence electrons. The Kier molecular flexibility index (Phi) is 5.45. The molecule has 1 rings (SSSR count). The zero-order chi connectivity index (χ0) is 13.9. The van der Waals surface area contributed by atoms with Crippen LogP contribution in [0, 0.1) is 5.92 Å². The molecule has 2 unspecified atom stereocenters. The van der Waals surface area contributed by atoms with Gasteiger partial charge in [-0.25, -0.2) is 4.72 Å². The average molecular weight is 296 g/mol. The maximum Gasteiger partial charge on any atom is 0.322 e. The van der Waals surface area contributed by atoms with Crippen LogP contribution < -0.4 is 4.72 Å². The van der Waals surface area contributed by atoms with Gasteiger partial charge < -0.3 is 5.11 Å². The Morgan fingerprint density at radius 2 is 2.17 bits per heavy atom. The summed E-state index contributed by atoms with van der Waals surface area (Å²) in [5.41, 5.74) is 0. The molecule has 2 N–H and O–H groups in total. The summed E-state index contributed by atoms with van der Waals surface area (Å²) in [5, 5.41) is 8.79. The summed E-state index contributed by atoms with van der Waals surface area (Å²) < 4.78 is 27.9. The summed E-state index contributed by atoms with van der Waals surface area (Å²) in [7, 11) is -3.73. The van der Waals surface area contributed by atoms with Crippen molar-refractivity contribution in [2.45, 2.75) is 38.6 Å². The molecule has 1 heterocycles. The standard InChI is InChI=1S/C10H20N2O4S2/c1-4-9-12(8(6-17-9)10(13)14)18(15,16)11-5-7(2)3/h7-9,11H,4-6H2,1-3H3,(H,13,14). The highest BCUT2D eigenvalue weighted by Crippen LogP contribution is 2.33. The highest BCUT2D eigenvalue weighted by molar-refractivity contribution is 8.01. The second kappa shape index (κ2) is 6.23. The summed E-state index contributed by atoms with van der Waals surface area (Å²) in [5.74, 6) is -0.608. The van der Waals surface area contributed by atoms with Gasteiger partial charge in [0.2, 0.25) is 0 Å². The van der Waals surface area contributed by atoms with Gasteiger partial charge in [0.15, 0.2) is 0 Å². The van der Waals surface area contributed by atoms with Crippen molar-refractivity contribution in [1.29, 1.82) is 0 Å². The van der Waals surface area contributed by atoms with Gasteiger partial charge in [-0.1, -0.05) is 20.8 Å². The van der Waals surface area contributed by atoms with E-state index in [0.717, 1.165) is 4.31 Å². The number of aliphatic carboxylic acids is 1. The van der Waals surface area contributed by atoms with Crippen molar-refractivity contribution in [1.82, 2.24) is 9.03 Å². The normalized spacial score (nSPS) is 25.8. The van der Waals surface area contributed by atoms with Gasteiger partial charge in [-0.2, -0.15) is 12.7 Å². The third kappa shape index (κ3) is 3.59. The second-order valence-corrected chi connectivity index (χ2v) is 7.50. The first-order valence-electron chi connectivity index (χ1n) is 5.92. The number of thioether (sulfide) groups is 1. The van der Waals surface area contributed by atoms with Gasteiger partial charge in [-0.15, -0.1) is 11.8 Å². The van der Waals surface area contributed by atoms with Crippen LogP contribution in [0.25, 0.3) is 0 Å². The third-order valence-corrected chi connectivity index (χ3v) is 5.81. The van der Waals surface area contributed by atoms with E-state index in [-0.39, 0.29) is 11.3 Å². The van der Waals surface area contributed by atoms with E-state index in [1.165, 1.54) is 11.8 Å². The van der Waals surface area contributed by atoms with Gasteiger partial charge >= 0.3 is 5.97 Å². The molecule has 1 aliphatic rings. The summed E-state index contributed by atoms with van der Waals surface area (Å²) in [6.07, 6.45) is 0.594. The fourth-order valence-electron chi connectivity index (χ4n) is 1.70. The van der Waals surface area contributed by atoms with Gasteiger partial charge in [0, 0.05) is 12.3 Å². The molecule has 0 aromatic heterocycles. The number of rotatable bonds is 6. The fraction of sp³-hybridized carbons (Fsp3) is 0.900. The van der Waals surface area contributed by atoms with Crippen molar-refractivity contribution < 1.29 is 18.3 Å². The number of nitrogens with one attached hydrogen (secondary N) is 1. The molecule has 0 radical (unpaired) electrons. The van der Waals surface area contributed by atoms with E-state index in [9.17, 15) is 13.2 Å². The molecule has 18 heavy (non-hydrogen) atoms. The molecule has 2 atom stereocenters. The van der Waals surface area contributed by atoms with Crippen molar-refractivity contribution in [3.8, 4) is 0 Å². The minimum Gasteiger partial charge on any atom is -0.480 e. The van der Waals surface area contributed by atoms with E-state index in [1.807, 2.05) is 20.8 Å². The smallest absolute Gasteiger partial charge is 0.322 e. The molecule has 0 saturated carbocycles. The predicted octanol–water partition coefficient (Wildman–Crippen LogP) is 0.715. The number of carboxylic acids is 1. The van der Waals surface area contributed by atoms with Crippen molar-refractivity contribution in [3.63, 3.8) is 0 Å². The zero-order valence-electron chi connectivity index (χ0n) is 10.8. The number of carboxylic acid groups (broad SMARTS) is 1. The number of carbonyl (C=O) groups is 1. The molecule has 0 spiro atoms. The van der Waals surface area contributed by atoms with Crippen molar-refractivity contribution in [3.05, 3.63) is 0 Å². The Morgan fingerprint density at radius 1 is 1.56 bits per heavy atom. The van der Waals surface area contributed by atoms with Crippen molar-refractivity contribution in [2.75, 3.05) is 12.3 Å². The molecule has 0 aromatic carbocycles. The van der Waals surface area contributed by atoms with Crippen LogP contribution in [-0.2, 0) is 15.0 Å². The summed E-state index contributed by atoms with van der Waals surface area (Å²) in [4.78, 5) is 11.1. The van der Waals surface area contributed by atoms with Gasteiger partial charge in [0.1, 0.15) is 6.04 Å². The molecule has 0 aliphatic carbocycles. The van der Waals surface area contributed by atoms with E-state index in [2.05, 4.69) is 4.72 Å². The Labute approximate surface area is 112 Å². The number of hydrogen-bond acceptors (Lipinski definition) is 4. The SMILES string of the molecule is CCC1SCC(C(=O)O)N1S(=O)(=O)NCC(C)C. The van der Waals surface area contributed by atoms with Gasteiger partial charge in [-0.3, -0.25) is 4.79 Å². The topological polar surface area (TPSA) is 86.7 Å². The van der Waals surface area contributed by atoms with Crippen LogP contribution in [0.1, 0.15) is 27.2 Å². The highest BCUT2D eigenvalue weighted by atomic mass is 32.2. The monoisotopic (exact) mass is 296 g/mol. The lowest BCUT2D eigenvalue weighted by Crippen LogP contribution is -2.50. The molecule has 0 bridgehead atoms. The van der Waals surface area contributed by atoms with Crippen LogP contribution in [0.15, 0.2) is 0 Å². The van der Waals surface area contributed by atoms with E-state index in [4.69, 9.17) is 5.11 Å². The zero-order valence-corrected chi connectivity index (χ0v) is 12.4. The van der Waals surface area contributed by atoms with Crippen LogP contribution in [0.5, 0.6) is 0 Å². The quantitative estimate of drug-likeness (QED) is 0.754. The van der Waals surface area contributed by atoms with Gasteiger partial charge in [-0.05, 0) is 12.3 Å². The predicted molar refractivity (Wildman–Crippen MR) is 71.6 cm³/mol. The maximum atomic E-state index is 12.2. The highest BCUT2D eigenvalue weighted by Gasteiger charge is 2.44. The van der Waals surface area contributed by atoms with Gasteiger partial charge in [0.25, 0.3) is 10.2 Å². The number of hydrogen-bond donors (Lipinski definition) is 2. The van der Waals surface area contributed by atoms with E-state index < -0.39 is 22.2 Å². The summed E-state index contributed by atoms with van der Waals surface area (Å²) in [6, 6.07) is -0.968. The first kappa shape index (κ1) is 15.7. The van der Waals surface area contributed by atoms with Crippen molar-refractivity contribution in [2.24, 2.45) is 5.92 Å². The van der Waals surface area contributed by atoms with Crippen LogP contribution in [0.3, 0.4) is 0 Å². The first-order chi connectivity index (χ1) is 8.29. The lowest BCUT2D eigenvalue weighted by Gasteiger charge is -2.26. The van der Waals surface area contributed by atoms with Crippen LogP contribution >= 0.6 is 11.8 Å². The first-order valence-corrected chi connectivity index (χ1v) is 8.41. The molecule has 8 heteroatoms. The minimum absolute atomic E-state index is 0.179. The Bertz CT molecular complexity index is 397. The van der Waals surface area contributed by atoms with E-state index in [1.54, 1.807) is 0 Å². The summed E-state index contributed by atoms with van der Waals surface area (Å²) in [6.45, 7) is 5.96. The Hall–Kier alpha value is -0.310.